The van der Waals surface area contributed by atoms with Crippen LogP contribution in [0.25, 0.3) is 5.76 Å². The Morgan fingerprint density at radius 1 is 1.06 bits per heavy atom. The number of carbonyl (C=O) groups excluding carboxylic acids is 2. The molecule has 1 aliphatic rings. The first-order valence-corrected chi connectivity index (χ1v) is 10.5. The summed E-state index contributed by atoms with van der Waals surface area (Å²) in [6.07, 6.45) is 3.31. The number of benzene rings is 2. The van der Waals surface area contributed by atoms with Crippen molar-refractivity contribution in [2.45, 2.75) is 12.6 Å². The van der Waals surface area contributed by atoms with Crippen molar-refractivity contribution in [2.75, 3.05) is 26.1 Å². The lowest BCUT2D eigenvalue weighted by Crippen LogP contribution is -2.29. The molecule has 0 spiro atoms. The van der Waals surface area contributed by atoms with Crippen LogP contribution in [0.3, 0.4) is 0 Å². The maximum Gasteiger partial charge on any atom is 0.295 e. The molecule has 1 atom stereocenters. The molecule has 0 aliphatic carbocycles. The fourth-order valence-electron chi connectivity index (χ4n) is 3.94. The zero-order chi connectivity index (χ0) is 23.5. The lowest BCUT2D eigenvalue weighted by molar-refractivity contribution is -0.140. The second-order valence-electron chi connectivity index (χ2n) is 8.00. The average Bonchev–Trinajstić information content (AvgIpc) is 3.09. The molecule has 168 valence electrons. The van der Waals surface area contributed by atoms with E-state index < -0.39 is 17.7 Å². The Labute approximate surface area is 192 Å². The van der Waals surface area contributed by atoms with Gasteiger partial charge in [0.1, 0.15) is 11.5 Å². The van der Waals surface area contributed by atoms with E-state index >= 15 is 0 Å². The summed E-state index contributed by atoms with van der Waals surface area (Å²) in [5, 5.41) is 11.1. The van der Waals surface area contributed by atoms with Gasteiger partial charge in [-0.1, -0.05) is 18.2 Å². The molecule has 1 N–H and O–H groups in total. The molecule has 7 nitrogen and oxygen atoms in total. The van der Waals surface area contributed by atoms with Gasteiger partial charge in [0.15, 0.2) is 0 Å². The quantitative estimate of drug-likeness (QED) is 0.355. The number of nitrogens with zero attached hydrogens (tertiary/aromatic N) is 3. The fourth-order valence-corrected chi connectivity index (χ4v) is 3.94. The Balaban J connectivity index is 1.83. The minimum absolute atomic E-state index is 0.0617. The van der Waals surface area contributed by atoms with Crippen molar-refractivity contribution in [1.29, 1.82) is 0 Å². The molecule has 33 heavy (non-hydrogen) atoms. The van der Waals surface area contributed by atoms with E-state index in [-0.39, 0.29) is 17.9 Å². The molecule has 2 heterocycles. The van der Waals surface area contributed by atoms with E-state index in [4.69, 9.17) is 4.74 Å². The maximum atomic E-state index is 13.1. The molecule has 0 bridgehead atoms. The number of hydrogen-bond donors (Lipinski definition) is 1. The van der Waals surface area contributed by atoms with Crippen molar-refractivity contribution in [3.05, 3.63) is 95.3 Å². The number of ketones is 1. The van der Waals surface area contributed by atoms with Gasteiger partial charge in [-0.3, -0.25) is 14.6 Å². The van der Waals surface area contributed by atoms with Crippen molar-refractivity contribution in [3.63, 3.8) is 0 Å². The molecule has 1 aromatic heterocycles. The highest BCUT2D eigenvalue weighted by molar-refractivity contribution is 6.46. The standard InChI is InChI=1S/C26H25N3O4/c1-28(2)20-10-6-18(7-11-20)23-22(24(30)19-8-12-21(33-3)13-9-19)25(31)26(32)29(23)16-17-5-4-14-27-15-17/h4-15,23,30H,16H2,1-3H3/t23-/m1/s1. The largest absolute Gasteiger partial charge is 0.507 e. The first-order chi connectivity index (χ1) is 15.9. The first kappa shape index (κ1) is 22.1. The van der Waals surface area contributed by atoms with Gasteiger partial charge in [-0.05, 0) is 53.6 Å². The molecule has 1 amide bonds. The van der Waals surface area contributed by atoms with Crippen molar-refractivity contribution in [3.8, 4) is 5.75 Å². The van der Waals surface area contributed by atoms with E-state index in [1.54, 1.807) is 49.8 Å². The molecular formula is C26H25N3O4. The minimum Gasteiger partial charge on any atom is -0.507 e. The summed E-state index contributed by atoms with van der Waals surface area (Å²) < 4.78 is 5.18. The summed E-state index contributed by atoms with van der Waals surface area (Å²) in [5.41, 5.74) is 3.01. The van der Waals surface area contributed by atoms with Gasteiger partial charge in [0.2, 0.25) is 0 Å². The molecule has 1 fully saturated rings. The third kappa shape index (κ3) is 4.30. The summed E-state index contributed by atoms with van der Waals surface area (Å²) in [7, 11) is 5.43. The summed E-state index contributed by atoms with van der Waals surface area (Å²) in [5.74, 6) is -0.963. The van der Waals surface area contributed by atoms with Gasteiger partial charge in [-0.15, -0.1) is 0 Å². The summed E-state index contributed by atoms with van der Waals surface area (Å²) in [4.78, 5) is 33.8. The lowest BCUT2D eigenvalue weighted by Gasteiger charge is -2.26. The lowest BCUT2D eigenvalue weighted by atomic mass is 9.95. The minimum atomic E-state index is -0.733. The van der Waals surface area contributed by atoms with Crippen molar-refractivity contribution >= 4 is 23.1 Å². The zero-order valence-electron chi connectivity index (χ0n) is 18.7. The number of aliphatic hydroxyl groups excluding tert-OH is 1. The van der Waals surface area contributed by atoms with Crippen molar-refractivity contribution in [1.82, 2.24) is 9.88 Å². The Kier molecular flexibility index (Phi) is 6.13. The van der Waals surface area contributed by atoms with Crippen molar-refractivity contribution < 1.29 is 19.4 Å². The third-order valence-corrected chi connectivity index (χ3v) is 5.70. The second-order valence-corrected chi connectivity index (χ2v) is 8.00. The van der Waals surface area contributed by atoms with Gasteiger partial charge in [-0.2, -0.15) is 0 Å². The van der Waals surface area contributed by atoms with Crippen LogP contribution in [0.1, 0.15) is 22.7 Å². The number of amides is 1. The number of Topliss-reactive ketones (excluding diaryl/α,β-unsaturated/α-hetero) is 1. The molecule has 4 rings (SSSR count). The molecule has 1 aliphatic heterocycles. The number of anilines is 1. The van der Waals surface area contributed by atoms with Crippen LogP contribution in [0.15, 0.2) is 78.6 Å². The molecule has 2 aromatic carbocycles. The van der Waals surface area contributed by atoms with Crippen LogP contribution < -0.4 is 9.64 Å². The van der Waals surface area contributed by atoms with Crippen LogP contribution in [-0.2, 0) is 16.1 Å². The normalized spacial score (nSPS) is 17.3. The summed E-state index contributed by atoms with van der Waals surface area (Å²) >= 11 is 0. The number of likely N-dealkylation sites (tertiary alicyclic amines) is 1. The number of ether oxygens (including phenoxy) is 1. The second kappa shape index (κ2) is 9.16. The molecule has 7 heteroatoms. The highest BCUT2D eigenvalue weighted by Crippen LogP contribution is 2.40. The topological polar surface area (TPSA) is 83.0 Å². The predicted octanol–water partition coefficient (Wildman–Crippen LogP) is 3.78. The van der Waals surface area contributed by atoms with E-state index in [9.17, 15) is 14.7 Å². The van der Waals surface area contributed by atoms with E-state index in [0.717, 1.165) is 16.8 Å². The first-order valence-electron chi connectivity index (χ1n) is 10.5. The smallest absolute Gasteiger partial charge is 0.295 e. The number of aliphatic hydroxyl groups is 1. The van der Waals surface area contributed by atoms with E-state index in [0.29, 0.717) is 11.3 Å². The third-order valence-electron chi connectivity index (χ3n) is 5.70. The van der Waals surface area contributed by atoms with Gasteiger partial charge in [-0.25, -0.2) is 0 Å². The zero-order valence-corrected chi connectivity index (χ0v) is 18.7. The number of pyridine rings is 1. The Bertz CT molecular complexity index is 1190. The molecular weight excluding hydrogens is 418 g/mol. The number of hydrogen-bond acceptors (Lipinski definition) is 6. The van der Waals surface area contributed by atoms with Gasteiger partial charge >= 0.3 is 0 Å². The maximum absolute atomic E-state index is 13.1. The van der Waals surface area contributed by atoms with E-state index in [1.807, 2.05) is 49.3 Å². The van der Waals surface area contributed by atoms with Gasteiger partial charge < -0.3 is 19.6 Å². The number of carbonyl (C=O) groups is 2. The molecule has 3 aromatic rings. The Morgan fingerprint density at radius 2 is 1.76 bits per heavy atom. The summed E-state index contributed by atoms with van der Waals surface area (Å²) in [6.45, 7) is 0.192. The van der Waals surface area contributed by atoms with E-state index in [2.05, 4.69) is 4.98 Å². The van der Waals surface area contributed by atoms with Crippen LogP contribution in [0, 0.1) is 0 Å². The average molecular weight is 444 g/mol. The van der Waals surface area contributed by atoms with Gasteiger partial charge in [0, 0.05) is 44.3 Å². The van der Waals surface area contributed by atoms with Crippen LogP contribution in [0.2, 0.25) is 0 Å². The highest BCUT2D eigenvalue weighted by Gasteiger charge is 2.46. The Morgan fingerprint density at radius 3 is 2.33 bits per heavy atom. The Hall–Kier alpha value is -4.13. The fraction of sp³-hybridized carbons (Fsp3) is 0.192. The summed E-state index contributed by atoms with van der Waals surface area (Å²) in [6, 6.07) is 17.2. The van der Waals surface area contributed by atoms with E-state index in [1.165, 1.54) is 4.90 Å². The molecule has 1 saturated heterocycles. The molecule has 0 radical (unpaired) electrons. The number of methoxy groups -OCH3 is 1. The van der Waals surface area contributed by atoms with Crippen LogP contribution in [0.5, 0.6) is 5.75 Å². The predicted molar refractivity (Wildman–Crippen MR) is 126 cm³/mol. The van der Waals surface area contributed by atoms with Crippen LogP contribution >= 0.6 is 0 Å². The van der Waals surface area contributed by atoms with Crippen molar-refractivity contribution in [2.24, 2.45) is 0 Å². The molecule has 0 saturated carbocycles. The number of aromatic nitrogens is 1. The highest BCUT2D eigenvalue weighted by atomic mass is 16.5. The number of rotatable bonds is 6. The van der Waals surface area contributed by atoms with Gasteiger partial charge in [0.05, 0.1) is 18.7 Å². The SMILES string of the molecule is COc1ccc(C(O)=C2C(=O)C(=O)N(Cc3cccnc3)[C@@H]2c2ccc(N(C)C)cc2)cc1. The van der Waals surface area contributed by atoms with Crippen LogP contribution in [-0.4, -0.2) is 47.9 Å². The van der Waals surface area contributed by atoms with Gasteiger partial charge in [0.25, 0.3) is 11.7 Å². The molecule has 0 unspecified atom stereocenters. The van der Waals surface area contributed by atoms with Crippen LogP contribution in [0.4, 0.5) is 5.69 Å². The monoisotopic (exact) mass is 443 g/mol.